The van der Waals surface area contributed by atoms with Gasteiger partial charge in [0.1, 0.15) is 5.69 Å². The molecule has 1 aliphatic rings. The molecule has 0 aliphatic carbocycles. The van der Waals surface area contributed by atoms with Gasteiger partial charge in [0.15, 0.2) is 0 Å². The van der Waals surface area contributed by atoms with Crippen LogP contribution < -0.4 is 11.3 Å². The Hall–Kier alpha value is -1.73. The molecule has 1 atom stereocenters. The van der Waals surface area contributed by atoms with Gasteiger partial charge in [0.05, 0.1) is 18.9 Å². The van der Waals surface area contributed by atoms with E-state index < -0.39 is 0 Å². The molecule has 2 rings (SSSR count). The molecule has 0 spiro atoms. The van der Waals surface area contributed by atoms with E-state index in [1.807, 2.05) is 0 Å². The highest BCUT2D eigenvalue weighted by atomic mass is 16.5. The van der Waals surface area contributed by atoms with Crippen LogP contribution in [0.25, 0.3) is 0 Å². The number of carbonyl (C=O) groups excluding carboxylic acids is 1. The van der Waals surface area contributed by atoms with E-state index in [4.69, 9.17) is 10.5 Å². The number of aromatic nitrogens is 2. The largest absolute Gasteiger partial charge is 0.373 e. The van der Waals surface area contributed by atoms with E-state index in [2.05, 4.69) is 9.97 Å². The molecule has 1 fully saturated rings. The van der Waals surface area contributed by atoms with Crippen molar-refractivity contribution in [1.29, 1.82) is 0 Å². The second kappa shape index (κ2) is 5.07. The zero-order valence-corrected chi connectivity index (χ0v) is 9.26. The summed E-state index contributed by atoms with van der Waals surface area (Å²) in [6.07, 6.45) is 2.28. The van der Waals surface area contributed by atoms with Crippen LogP contribution in [0.15, 0.2) is 17.2 Å². The van der Waals surface area contributed by atoms with Crippen molar-refractivity contribution in [1.82, 2.24) is 14.9 Å². The van der Waals surface area contributed by atoms with Crippen LogP contribution in [0.4, 0.5) is 0 Å². The van der Waals surface area contributed by atoms with Gasteiger partial charge in [0.2, 0.25) is 0 Å². The first-order valence-corrected chi connectivity index (χ1v) is 5.36. The van der Waals surface area contributed by atoms with Gasteiger partial charge in [-0.25, -0.2) is 4.98 Å². The maximum Gasteiger partial charge on any atom is 0.274 e. The van der Waals surface area contributed by atoms with E-state index >= 15 is 0 Å². The maximum absolute atomic E-state index is 12.0. The standard InChI is InChI=1S/C10H14N4O3/c11-3-7-6-14(1-2-17-7)10(16)8-4-13-9(15)5-12-8/h4-5,7H,1-3,6,11H2,(H,13,15). The number of hydrogen-bond acceptors (Lipinski definition) is 5. The van der Waals surface area contributed by atoms with Crippen molar-refractivity contribution < 1.29 is 9.53 Å². The molecule has 2 heterocycles. The molecule has 7 nitrogen and oxygen atoms in total. The normalized spacial score (nSPS) is 20.3. The predicted molar refractivity (Wildman–Crippen MR) is 59.6 cm³/mol. The van der Waals surface area contributed by atoms with Crippen molar-refractivity contribution in [3.8, 4) is 0 Å². The minimum atomic E-state index is -0.330. The van der Waals surface area contributed by atoms with Crippen molar-refractivity contribution in [2.75, 3.05) is 26.2 Å². The van der Waals surface area contributed by atoms with Gasteiger partial charge in [0.25, 0.3) is 11.5 Å². The van der Waals surface area contributed by atoms with E-state index in [9.17, 15) is 9.59 Å². The fourth-order valence-electron chi connectivity index (χ4n) is 1.67. The number of carbonyl (C=O) groups is 1. The zero-order chi connectivity index (χ0) is 12.3. The third-order valence-electron chi connectivity index (χ3n) is 2.58. The SMILES string of the molecule is NCC1CN(C(=O)c2c[nH]c(=O)cn2)CCO1. The van der Waals surface area contributed by atoms with Crippen LogP contribution in [0, 0.1) is 0 Å². The number of morpholine rings is 1. The number of amides is 1. The van der Waals surface area contributed by atoms with Gasteiger partial charge in [-0.2, -0.15) is 0 Å². The Morgan fingerprint density at radius 2 is 2.53 bits per heavy atom. The second-order valence-electron chi connectivity index (χ2n) is 3.78. The summed E-state index contributed by atoms with van der Waals surface area (Å²) in [6, 6.07) is 0. The summed E-state index contributed by atoms with van der Waals surface area (Å²) in [4.78, 5) is 30.7. The average Bonchev–Trinajstić information content (AvgIpc) is 2.39. The van der Waals surface area contributed by atoms with E-state index in [0.29, 0.717) is 26.2 Å². The zero-order valence-electron chi connectivity index (χ0n) is 9.26. The number of ether oxygens (including phenoxy) is 1. The average molecular weight is 238 g/mol. The third-order valence-corrected chi connectivity index (χ3v) is 2.58. The van der Waals surface area contributed by atoms with Crippen molar-refractivity contribution in [3.05, 3.63) is 28.4 Å². The number of H-pyrrole nitrogens is 1. The molecule has 1 saturated heterocycles. The minimum absolute atomic E-state index is 0.129. The van der Waals surface area contributed by atoms with Crippen LogP contribution in [0.2, 0.25) is 0 Å². The molecule has 7 heteroatoms. The van der Waals surface area contributed by atoms with Crippen molar-refractivity contribution in [2.45, 2.75) is 6.10 Å². The lowest BCUT2D eigenvalue weighted by molar-refractivity contribution is -0.0169. The molecule has 0 saturated carbocycles. The molecule has 1 aromatic heterocycles. The Balaban J connectivity index is 2.09. The summed E-state index contributed by atoms with van der Waals surface area (Å²) < 4.78 is 5.37. The van der Waals surface area contributed by atoms with Gasteiger partial charge >= 0.3 is 0 Å². The summed E-state index contributed by atoms with van der Waals surface area (Å²) in [6.45, 7) is 1.81. The Morgan fingerprint density at radius 3 is 3.18 bits per heavy atom. The highest BCUT2D eigenvalue weighted by Crippen LogP contribution is 2.07. The number of rotatable bonds is 2. The fourth-order valence-corrected chi connectivity index (χ4v) is 1.67. The molecule has 92 valence electrons. The first-order valence-electron chi connectivity index (χ1n) is 5.36. The number of nitrogens with one attached hydrogen (secondary N) is 1. The quantitative estimate of drug-likeness (QED) is 0.657. The highest BCUT2D eigenvalue weighted by molar-refractivity contribution is 5.92. The molecule has 1 aromatic rings. The van der Waals surface area contributed by atoms with Crippen LogP contribution in [0.5, 0.6) is 0 Å². The molecule has 3 N–H and O–H groups in total. The van der Waals surface area contributed by atoms with Crippen molar-refractivity contribution >= 4 is 5.91 Å². The Bertz CT molecular complexity index is 439. The van der Waals surface area contributed by atoms with Crippen LogP contribution in [-0.2, 0) is 4.74 Å². The summed E-state index contributed by atoms with van der Waals surface area (Å²) >= 11 is 0. The van der Waals surface area contributed by atoms with E-state index in [1.165, 1.54) is 6.20 Å². The molecular formula is C10H14N4O3. The molecule has 17 heavy (non-hydrogen) atoms. The predicted octanol–water partition coefficient (Wildman–Crippen LogP) is -1.43. The molecule has 0 aromatic carbocycles. The van der Waals surface area contributed by atoms with Gasteiger partial charge in [-0.3, -0.25) is 9.59 Å². The fraction of sp³-hybridized carbons (Fsp3) is 0.500. The highest BCUT2D eigenvalue weighted by Gasteiger charge is 2.24. The van der Waals surface area contributed by atoms with Crippen molar-refractivity contribution in [2.24, 2.45) is 5.73 Å². The molecule has 0 radical (unpaired) electrons. The second-order valence-corrected chi connectivity index (χ2v) is 3.78. The minimum Gasteiger partial charge on any atom is -0.373 e. The van der Waals surface area contributed by atoms with Gasteiger partial charge in [-0.05, 0) is 0 Å². The van der Waals surface area contributed by atoms with Crippen LogP contribution in [0.3, 0.4) is 0 Å². The smallest absolute Gasteiger partial charge is 0.274 e. The van der Waals surface area contributed by atoms with Gasteiger partial charge in [0, 0.05) is 25.8 Å². The number of aromatic amines is 1. The van der Waals surface area contributed by atoms with E-state index in [-0.39, 0.29) is 23.3 Å². The van der Waals surface area contributed by atoms with E-state index in [0.717, 1.165) is 6.20 Å². The lowest BCUT2D eigenvalue weighted by Crippen LogP contribution is -2.48. The summed E-state index contributed by atoms with van der Waals surface area (Å²) in [5, 5.41) is 0. The van der Waals surface area contributed by atoms with Crippen LogP contribution in [0.1, 0.15) is 10.5 Å². The van der Waals surface area contributed by atoms with Crippen molar-refractivity contribution in [3.63, 3.8) is 0 Å². The van der Waals surface area contributed by atoms with Crippen LogP contribution in [-0.4, -0.2) is 53.1 Å². The maximum atomic E-state index is 12.0. The summed E-state index contributed by atoms with van der Waals surface area (Å²) in [5.41, 5.74) is 5.39. The van der Waals surface area contributed by atoms with Crippen LogP contribution >= 0.6 is 0 Å². The Morgan fingerprint density at radius 1 is 1.71 bits per heavy atom. The lowest BCUT2D eigenvalue weighted by Gasteiger charge is -2.32. The first kappa shape index (κ1) is 11.7. The molecule has 1 amide bonds. The topological polar surface area (TPSA) is 101 Å². The Labute approximate surface area is 97.6 Å². The lowest BCUT2D eigenvalue weighted by atomic mass is 10.2. The number of hydrogen-bond donors (Lipinski definition) is 2. The summed E-state index contributed by atoms with van der Waals surface area (Å²) in [7, 11) is 0. The molecule has 1 aliphatic heterocycles. The molecular weight excluding hydrogens is 224 g/mol. The van der Waals surface area contributed by atoms with E-state index in [1.54, 1.807) is 4.90 Å². The van der Waals surface area contributed by atoms with Gasteiger partial charge in [-0.1, -0.05) is 0 Å². The van der Waals surface area contributed by atoms with Gasteiger partial charge in [-0.15, -0.1) is 0 Å². The number of nitrogens with zero attached hydrogens (tertiary/aromatic N) is 2. The first-order chi connectivity index (χ1) is 8.20. The van der Waals surface area contributed by atoms with Gasteiger partial charge < -0.3 is 20.4 Å². The monoisotopic (exact) mass is 238 g/mol. The molecule has 0 bridgehead atoms. The summed E-state index contributed by atoms with van der Waals surface area (Å²) in [5.74, 6) is -0.219. The third kappa shape index (κ3) is 2.69. The molecule has 1 unspecified atom stereocenters. The Kier molecular flexibility index (Phi) is 3.50. The number of nitrogens with two attached hydrogens (primary N) is 1.